The smallest absolute Gasteiger partial charge is 0.0560 e. The Morgan fingerprint density at radius 2 is 2.11 bits per heavy atom. The Morgan fingerprint density at radius 1 is 1.32 bits per heavy atom. The van der Waals surface area contributed by atoms with Gasteiger partial charge in [-0.05, 0) is 37.6 Å². The topological polar surface area (TPSA) is 29.9 Å². The summed E-state index contributed by atoms with van der Waals surface area (Å²) in [6.07, 6.45) is 3.79. The Morgan fingerprint density at radius 3 is 2.74 bits per heavy atom. The van der Waals surface area contributed by atoms with Gasteiger partial charge in [-0.25, -0.2) is 0 Å². The summed E-state index contributed by atoms with van der Waals surface area (Å²) in [6.45, 7) is 5.21. The lowest BCUT2D eigenvalue weighted by Gasteiger charge is -2.21. The van der Waals surface area contributed by atoms with Crippen molar-refractivity contribution in [2.75, 3.05) is 0 Å². The first-order valence-corrected chi connectivity index (χ1v) is 7.83. The number of rotatable bonds is 5. The van der Waals surface area contributed by atoms with Crippen molar-refractivity contribution in [3.05, 3.63) is 51.2 Å². The van der Waals surface area contributed by atoms with E-state index in [-0.39, 0.29) is 6.04 Å². The predicted octanol–water partition coefficient (Wildman–Crippen LogP) is 4.15. The molecule has 0 saturated heterocycles. The molecule has 102 valence electrons. The van der Waals surface area contributed by atoms with Crippen molar-refractivity contribution < 1.29 is 0 Å². The Balaban J connectivity index is 1.98. The SMILES string of the molecule is CC(Cn1cccn1)NC(C)c1ccc(Br)cc1Br. The molecule has 0 aliphatic carbocycles. The zero-order valence-corrected chi connectivity index (χ0v) is 14.1. The number of benzene rings is 1. The van der Waals surface area contributed by atoms with E-state index in [4.69, 9.17) is 0 Å². The van der Waals surface area contributed by atoms with E-state index in [1.807, 2.05) is 23.1 Å². The van der Waals surface area contributed by atoms with Crippen molar-refractivity contribution >= 4 is 31.9 Å². The molecular formula is C14H17Br2N3. The highest BCUT2D eigenvalue weighted by Crippen LogP contribution is 2.27. The molecule has 1 aromatic carbocycles. The van der Waals surface area contributed by atoms with Gasteiger partial charge in [0.2, 0.25) is 0 Å². The summed E-state index contributed by atoms with van der Waals surface area (Å²) in [5.74, 6) is 0. The maximum absolute atomic E-state index is 4.23. The lowest BCUT2D eigenvalue weighted by molar-refractivity contribution is 0.412. The second-order valence-corrected chi connectivity index (χ2v) is 6.45. The fourth-order valence-electron chi connectivity index (χ4n) is 2.11. The second-order valence-electron chi connectivity index (χ2n) is 4.68. The summed E-state index contributed by atoms with van der Waals surface area (Å²) in [5.41, 5.74) is 1.26. The van der Waals surface area contributed by atoms with Gasteiger partial charge in [0, 0.05) is 33.4 Å². The van der Waals surface area contributed by atoms with Crippen molar-refractivity contribution in [1.29, 1.82) is 0 Å². The minimum atomic E-state index is 0.285. The monoisotopic (exact) mass is 385 g/mol. The largest absolute Gasteiger partial charge is 0.306 e. The number of nitrogens with zero attached hydrogens (tertiary/aromatic N) is 2. The van der Waals surface area contributed by atoms with Gasteiger partial charge in [-0.3, -0.25) is 4.68 Å². The first-order valence-electron chi connectivity index (χ1n) is 6.24. The van der Waals surface area contributed by atoms with Crippen LogP contribution in [0, 0.1) is 0 Å². The van der Waals surface area contributed by atoms with Crippen molar-refractivity contribution in [2.45, 2.75) is 32.5 Å². The molecular weight excluding hydrogens is 370 g/mol. The molecule has 0 spiro atoms. The van der Waals surface area contributed by atoms with E-state index in [1.54, 1.807) is 0 Å². The molecule has 0 fully saturated rings. The normalized spacial score (nSPS) is 14.3. The fraction of sp³-hybridized carbons (Fsp3) is 0.357. The quantitative estimate of drug-likeness (QED) is 0.836. The molecule has 2 atom stereocenters. The molecule has 0 amide bonds. The molecule has 5 heteroatoms. The molecule has 19 heavy (non-hydrogen) atoms. The van der Waals surface area contributed by atoms with Crippen molar-refractivity contribution in [3.63, 3.8) is 0 Å². The van der Waals surface area contributed by atoms with E-state index in [2.05, 4.69) is 74.3 Å². The van der Waals surface area contributed by atoms with Gasteiger partial charge < -0.3 is 5.32 Å². The van der Waals surface area contributed by atoms with Crippen LogP contribution in [0.4, 0.5) is 0 Å². The third-order valence-corrected chi connectivity index (χ3v) is 4.16. The average Bonchev–Trinajstić information content (AvgIpc) is 2.81. The average molecular weight is 387 g/mol. The molecule has 2 rings (SSSR count). The molecule has 2 unspecified atom stereocenters. The summed E-state index contributed by atoms with van der Waals surface area (Å²) in [5, 5.41) is 7.82. The van der Waals surface area contributed by atoms with Crippen LogP contribution in [-0.4, -0.2) is 15.8 Å². The third kappa shape index (κ3) is 4.16. The minimum absolute atomic E-state index is 0.285. The van der Waals surface area contributed by atoms with Gasteiger partial charge in [-0.2, -0.15) is 5.10 Å². The zero-order chi connectivity index (χ0) is 13.8. The summed E-state index contributed by atoms with van der Waals surface area (Å²) >= 11 is 7.08. The molecule has 3 nitrogen and oxygen atoms in total. The summed E-state index contributed by atoms with van der Waals surface area (Å²) < 4.78 is 4.15. The van der Waals surface area contributed by atoms with Gasteiger partial charge in [0.1, 0.15) is 0 Å². The Hall–Kier alpha value is -0.650. The third-order valence-electron chi connectivity index (χ3n) is 2.98. The van der Waals surface area contributed by atoms with Crippen molar-refractivity contribution in [1.82, 2.24) is 15.1 Å². The van der Waals surface area contributed by atoms with Crippen LogP contribution in [0.5, 0.6) is 0 Å². The van der Waals surface area contributed by atoms with Gasteiger partial charge in [0.05, 0.1) is 6.54 Å². The van der Waals surface area contributed by atoms with E-state index in [1.165, 1.54) is 5.56 Å². The Bertz CT molecular complexity index is 525. The van der Waals surface area contributed by atoms with Crippen LogP contribution in [-0.2, 0) is 6.54 Å². The zero-order valence-electron chi connectivity index (χ0n) is 11.0. The maximum Gasteiger partial charge on any atom is 0.0560 e. The van der Waals surface area contributed by atoms with Gasteiger partial charge in [-0.15, -0.1) is 0 Å². The predicted molar refractivity (Wildman–Crippen MR) is 85.1 cm³/mol. The standard InChI is InChI=1S/C14H17Br2N3/c1-10(9-19-7-3-6-17-19)18-11(2)13-5-4-12(15)8-14(13)16/h3-8,10-11,18H,9H2,1-2H3. The molecule has 1 heterocycles. The fourth-order valence-corrected chi connectivity index (χ4v) is 3.50. The molecule has 0 aliphatic heterocycles. The minimum Gasteiger partial charge on any atom is -0.306 e. The van der Waals surface area contributed by atoms with E-state index in [9.17, 15) is 0 Å². The first kappa shape index (κ1) is 14.8. The number of hydrogen-bond donors (Lipinski definition) is 1. The summed E-state index contributed by atoms with van der Waals surface area (Å²) in [6, 6.07) is 8.86. The number of nitrogens with one attached hydrogen (secondary N) is 1. The highest BCUT2D eigenvalue weighted by atomic mass is 79.9. The number of halogens is 2. The molecule has 0 aliphatic rings. The Kier molecular flexibility index (Phi) is 5.19. The lowest BCUT2D eigenvalue weighted by atomic mass is 10.1. The van der Waals surface area contributed by atoms with Gasteiger partial charge in [-0.1, -0.05) is 37.9 Å². The molecule has 0 saturated carbocycles. The van der Waals surface area contributed by atoms with E-state index < -0.39 is 0 Å². The summed E-state index contributed by atoms with van der Waals surface area (Å²) in [7, 11) is 0. The van der Waals surface area contributed by atoms with E-state index in [0.29, 0.717) is 6.04 Å². The van der Waals surface area contributed by atoms with Crippen LogP contribution in [0.15, 0.2) is 45.6 Å². The van der Waals surface area contributed by atoms with Gasteiger partial charge in [0.15, 0.2) is 0 Å². The molecule has 0 radical (unpaired) electrons. The first-order chi connectivity index (χ1) is 9.06. The highest BCUT2D eigenvalue weighted by molar-refractivity contribution is 9.11. The number of hydrogen-bond acceptors (Lipinski definition) is 2. The van der Waals surface area contributed by atoms with Crippen LogP contribution in [0.25, 0.3) is 0 Å². The van der Waals surface area contributed by atoms with Crippen molar-refractivity contribution in [3.8, 4) is 0 Å². The highest BCUT2D eigenvalue weighted by Gasteiger charge is 2.12. The van der Waals surface area contributed by atoms with Crippen LogP contribution in [0.1, 0.15) is 25.5 Å². The molecule has 0 bridgehead atoms. The van der Waals surface area contributed by atoms with Crippen molar-refractivity contribution in [2.24, 2.45) is 0 Å². The number of aromatic nitrogens is 2. The maximum atomic E-state index is 4.23. The van der Waals surface area contributed by atoms with Gasteiger partial charge >= 0.3 is 0 Å². The lowest BCUT2D eigenvalue weighted by Crippen LogP contribution is -2.32. The Labute approximate surface area is 130 Å². The summed E-state index contributed by atoms with van der Waals surface area (Å²) in [4.78, 5) is 0. The molecule has 1 N–H and O–H groups in total. The molecule has 2 aromatic rings. The van der Waals surface area contributed by atoms with E-state index in [0.717, 1.165) is 15.5 Å². The molecule has 1 aromatic heterocycles. The van der Waals surface area contributed by atoms with Crippen LogP contribution >= 0.6 is 31.9 Å². The van der Waals surface area contributed by atoms with Crippen LogP contribution < -0.4 is 5.32 Å². The van der Waals surface area contributed by atoms with Gasteiger partial charge in [0.25, 0.3) is 0 Å². The van der Waals surface area contributed by atoms with Crippen LogP contribution in [0.2, 0.25) is 0 Å². The van der Waals surface area contributed by atoms with Crippen LogP contribution in [0.3, 0.4) is 0 Å². The van der Waals surface area contributed by atoms with E-state index >= 15 is 0 Å². The second kappa shape index (κ2) is 6.68.